The third-order valence-electron chi connectivity index (χ3n) is 4.39. The molecule has 1 aromatic heterocycles. The molecule has 0 spiro atoms. The summed E-state index contributed by atoms with van der Waals surface area (Å²) in [5.41, 5.74) is 3.59. The number of aromatic nitrogens is 1. The molecule has 0 radical (unpaired) electrons. The van der Waals surface area contributed by atoms with Gasteiger partial charge in [-0.2, -0.15) is 0 Å². The third-order valence-corrected chi connectivity index (χ3v) is 5.59. The van der Waals surface area contributed by atoms with Gasteiger partial charge >= 0.3 is 0 Å². The van der Waals surface area contributed by atoms with E-state index in [1.165, 1.54) is 24.2 Å². The second-order valence-electron chi connectivity index (χ2n) is 6.08. The summed E-state index contributed by atoms with van der Waals surface area (Å²) in [7, 11) is 0. The smallest absolute Gasteiger partial charge is 0.123 e. The number of rotatable bonds is 4. The molecule has 2 nitrogen and oxygen atoms in total. The van der Waals surface area contributed by atoms with Crippen LogP contribution in [0.4, 0.5) is 0 Å². The van der Waals surface area contributed by atoms with Crippen LogP contribution in [-0.4, -0.2) is 23.0 Å². The molecule has 1 aliphatic heterocycles. The lowest BCUT2D eigenvalue weighted by Gasteiger charge is -2.17. The Kier molecular flexibility index (Phi) is 4.63. The molecule has 4 heteroatoms. The van der Waals surface area contributed by atoms with Gasteiger partial charge in [0.25, 0.3) is 0 Å². The highest BCUT2D eigenvalue weighted by Gasteiger charge is 2.26. The molecule has 0 N–H and O–H groups in total. The van der Waals surface area contributed by atoms with E-state index in [1.807, 2.05) is 0 Å². The van der Waals surface area contributed by atoms with Gasteiger partial charge in [0, 0.05) is 30.6 Å². The van der Waals surface area contributed by atoms with E-state index < -0.39 is 0 Å². The minimum Gasteiger partial charge on any atom is -0.299 e. The molecule has 3 rings (SSSR count). The first-order valence-electron chi connectivity index (χ1n) is 7.48. The van der Waals surface area contributed by atoms with Gasteiger partial charge in [0.15, 0.2) is 0 Å². The van der Waals surface area contributed by atoms with Gasteiger partial charge in [-0.1, -0.05) is 38.1 Å². The Morgan fingerprint density at radius 3 is 2.62 bits per heavy atom. The summed E-state index contributed by atoms with van der Waals surface area (Å²) in [4.78, 5) is 7.19. The van der Waals surface area contributed by atoms with E-state index in [4.69, 9.17) is 11.6 Å². The molecule has 0 bridgehead atoms. The maximum Gasteiger partial charge on any atom is 0.123 e. The van der Waals surface area contributed by atoms with Gasteiger partial charge < -0.3 is 0 Å². The van der Waals surface area contributed by atoms with Crippen LogP contribution in [0.5, 0.6) is 0 Å². The van der Waals surface area contributed by atoms with Crippen molar-refractivity contribution in [1.29, 1.82) is 0 Å². The van der Waals surface area contributed by atoms with Crippen molar-refractivity contribution in [3.8, 4) is 10.6 Å². The highest BCUT2D eigenvalue weighted by molar-refractivity contribution is 7.13. The quantitative estimate of drug-likeness (QED) is 0.763. The van der Waals surface area contributed by atoms with E-state index in [0.717, 1.165) is 29.1 Å². The zero-order valence-electron chi connectivity index (χ0n) is 12.6. The molecule has 1 aromatic carbocycles. The fourth-order valence-electron chi connectivity index (χ4n) is 2.98. The average Bonchev–Trinajstić information content (AvgIpc) is 3.07. The molecule has 21 heavy (non-hydrogen) atoms. The van der Waals surface area contributed by atoms with Gasteiger partial charge in [0.2, 0.25) is 0 Å². The second kappa shape index (κ2) is 6.47. The fraction of sp³-hybridized carbons (Fsp3) is 0.471. The minimum absolute atomic E-state index is 0.486. The van der Waals surface area contributed by atoms with Crippen molar-refractivity contribution >= 4 is 22.9 Å². The van der Waals surface area contributed by atoms with Crippen LogP contribution >= 0.6 is 22.9 Å². The van der Waals surface area contributed by atoms with Crippen LogP contribution in [0.2, 0.25) is 0 Å². The predicted octanol–water partition coefficient (Wildman–Crippen LogP) is 4.64. The van der Waals surface area contributed by atoms with Crippen LogP contribution in [0.3, 0.4) is 0 Å². The Bertz CT molecular complexity index is 600. The topological polar surface area (TPSA) is 16.1 Å². The normalized spacial score (nSPS) is 22.8. The molecule has 112 valence electrons. The van der Waals surface area contributed by atoms with Crippen molar-refractivity contribution in [1.82, 2.24) is 9.88 Å². The Morgan fingerprint density at radius 1 is 1.24 bits per heavy atom. The summed E-state index contributed by atoms with van der Waals surface area (Å²) in [5, 5.41) is 3.14. The molecule has 2 heterocycles. The van der Waals surface area contributed by atoms with Gasteiger partial charge in [0.1, 0.15) is 5.01 Å². The lowest BCUT2D eigenvalue weighted by atomic mass is 10.0. The van der Waals surface area contributed by atoms with Crippen LogP contribution in [0.25, 0.3) is 10.6 Å². The Labute approximate surface area is 135 Å². The molecule has 0 aliphatic carbocycles. The van der Waals surface area contributed by atoms with E-state index in [2.05, 4.69) is 53.4 Å². The zero-order valence-corrected chi connectivity index (χ0v) is 14.1. The minimum atomic E-state index is 0.486. The molecular formula is C17H21ClN2S. The van der Waals surface area contributed by atoms with Gasteiger partial charge in [-0.05, 0) is 17.4 Å². The van der Waals surface area contributed by atoms with Crippen LogP contribution in [-0.2, 0) is 12.4 Å². The lowest BCUT2D eigenvalue weighted by molar-refractivity contribution is 0.316. The van der Waals surface area contributed by atoms with Crippen molar-refractivity contribution in [2.24, 2.45) is 11.8 Å². The number of likely N-dealkylation sites (tertiary alicyclic amines) is 1. The molecule has 2 unspecified atom stereocenters. The van der Waals surface area contributed by atoms with Gasteiger partial charge in [-0.25, -0.2) is 4.98 Å². The Hall–Kier alpha value is -0.900. The standard InChI is InChI=1S/C17H21ClN2S/c1-12-8-20(9-13(12)2)10-14-5-3-4-6-16(14)17-19-15(7-18)11-21-17/h3-6,11-13H,7-10H2,1-2H3. The first-order valence-corrected chi connectivity index (χ1v) is 8.89. The van der Waals surface area contributed by atoms with Crippen molar-refractivity contribution in [3.63, 3.8) is 0 Å². The average molecular weight is 321 g/mol. The summed E-state index contributed by atoms with van der Waals surface area (Å²) < 4.78 is 0. The molecule has 0 amide bonds. The predicted molar refractivity (Wildman–Crippen MR) is 90.7 cm³/mol. The largest absolute Gasteiger partial charge is 0.299 e. The molecule has 2 atom stereocenters. The fourth-order valence-corrected chi connectivity index (χ4v) is 4.09. The van der Waals surface area contributed by atoms with Crippen LogP contribution in [0.1, 0.15) is 25.1 Å². The number of alkyl halides is 1. The van der Waals surface area contributed by atoms with Crippen molar-refractivity contribution in [2.75, 3.05) is 13.1 Å². The number of benzene rings is 1. The van der Waals surface area contributed by atoms with Crippen LogP contribution < -0.4 is 0 Å². The van der Waals surface area contributed by atoms with Gasteiger partial charge in [-0.15, -0.1) is 22.9 Å². The number of nitrogens with zero attached hydrogens (tertiary/aromatic N) is 2. The summed E-state index contributed by atoms with van der Waals surface area (Å²) in [5.74, 6) is 2.07. The van der Waals surface area contributed by atoms with Crippen molar-refractivity contribution < 1.29 is 0 Å². The van der Waals surface area contributed by atoms with Crippen molar-refractivity contribution in [3.05, 3.63) is 40.9 Å². The summed E-state index contributed by atoms with van der Waals surface area (Å²) in [6.45, 7) is 8.11. The highest BCUT2D eigenvalue weighted by atomic mass is 35.5. The maximum atomic E-state index is 5.87. The van der Waals surface area contributed by atoms with Gasteiger partial charge in [-0.3, -0.25) is 4.90 Å². The van der Waals surface area contributed by atoms with Crippen LogP contribution in [0, 0.1) is 11.8 Å². The van der Waals surface area contributed by atoms with E-state index >= 15 is 0 Å². The van der Waals surface area contributed by atoms with Crippen molar-refractivity contribution in [2.45, 2.75) is 26.3 Å². The molecular weight excluding hydrogens is 300 g/mol. The van der Waals surface area contributed by atoms with E-state index in [0.29, 0.717) is 5.88 Å². The lowest BCUT2D eigenvalue weighted by Crippen LogP contribution is -2.20. The maximum absolute atomic E-state index is 5.87. The Morgan fingerprint density at radius 2 is 1.95 bits per heavy atom. The summed E-state index contributed by atoms with van der Waals surface area (Å²) >= 11 is 7.56. The Balaban J connectivity index is 1.83. The SMILES string of the molecule is CC1CN(Cc2ccccc2-c2nc(CCl)cs2)CC1C. The summed E-state index contributed by atoms with van der Waals surface area (Å²) in [6, 6.07) is 8.62. The first kappa shape index (κ1) is 15.0. The number of thiazole rings is 1. The monoisotopic (exact) mass is 320 g/mol. The number of hydrogen-bond acceptors (Lipinski definition) is 3. The van der Waals surface area contributed by atoms with E-state index in [-0.39, 0.29) is 0 Å². The van der Waals surface area contributed by atoms with Crippen LogP contribution in [0.15, 0.2) is 29.6 Å². The van der Waals surface area contributed by atoms with E-state index in [9.17, 15) is 0 Å². The van der Waals surface area contributed by atoms with E-state index in [1.54, 1.807) is 11.3 Å². The second-order valence-corrected chi connectivity index (χ2v) is 7.21. The summed E-state index contributed by atoms with van der Waals surface area (Å²) in [6.07, 6.45) is 0. The number of halogens is 1. The zero-order chi connectivity index (χ0) is 14.8. The highest BCUT2D eigenvalue weighted by Crippen LogP contribution is 2.30. The molecule has 2 aromatic rings. The van der Waals surface area contributed by atoms with Gasteiger partial charge in [0.05, 0.1) is 11.6 Å². The molecule has 1 fully saturated rings. The number of hydrogen-bond donors (Lipinski definition) is 0. The third kappa shape index (κ3) is 3.31. The first-order chi connectivity index (χ1) is 10.2. The molecule has 1 saturated heterocycles. The molecule has 1 aliphatic rings. The molecule has 0 saturated carbocycles.